The number of ether oxygens (including phenoxy) is 3. The van der Waals surface area contributed by atoms with Gasteiger partial charge >= 0.3 is 0 Å². The lowest BCUT2D eigenvalue weighted by atomic mass is 9.93. The van der Waals surface area contributed by atoms with Crippen molar-refractivity contribution in [3.63, 3.8) is 0 Å². The highest BCUT2D eigenvalue weighted by atomic mass is 32.2. The molecule has 0 bridgehead atoms. The summed E-state index contributed by atoms with van der Waals surface area (Å²) in [7, 11) is 4.88. The normalized spacial score (nSPS) is 13.0. The summed E-state index contributed by atoms with van der Waals surface area (Å²) in [5.41, 5.74) is 0.605. The molecular formula is C20H38O4S. The van der Waals surface area contributed by atoms with Crippen molar-refractivity contribution in [3.8, 4) is 0 Å². The topological polar surface area (TPSA) is 44.8 Å². The smallest absolute Gasteiger partial charge is 0.285 e. The van der Waals surface area contributed by atoms with Gasteiger partial charge in [0.25, 0.3) is 5.97 Å². The van der Waals surface area contributed by atoms with Crippen molar-refractivity contribution in [2.45, 2.75) is 77.6 Å². The van der Waals surface area contributed by atoms with Crippen LogP contribution >= 0.6 is 11.8 Å². The van der Waals surface area contributed by atoms with Gasteiger partial charge in [0, 0.05) is 33.0 Å². The van der Waals surface area contributed by atoms with Crippen LogP contribution in [-0.2, 0) is 19.0 Å². The fourth-order valence-electron chi connectivity index (χ4n) is 3.04. The highest BCUT2D eigenvalue weighted by molar-refractivity contribution is 8.14. The summed E-state index contributed by atoms with van der Waals surface area (Å²) in [6.45, 7) is 7.67. The van der Waals surface area contributed by atoms with Crippen LogP contribution in [0, 0.1) is 5.92 Å². The van der Waals surface area contributed by atoms with Crippen molar-refractivity contribution in [1.82, 2.24) is 0 Å². The monoisotopic (exact) mass is 374 g/mol. The molecule has 0 N–H and O–H groups in total. The van der Waals surface area contributed by atoms with Crippen LogP contribution in [0.1, 0.15) is 71.6 Å². The lowest BCUT2D eigenvalue weighted by Gasteiger charge is -2.36. The molecule has 1 unspecified atom stereocenters. The summed E-state index contributed by atoms with van der Waals surface area (Å²) in [5, 5.41) is 0.0731. The van der Waals surface area contributed by atoms with Gasteiger partial charge in [-0.1, -0.05) is 63.8 Å². The number of hydrogen-bond acceptors (Lipinski definition) is 5. The molecule has 4 nitrogen and oxygen atoms in total. The molecule has 0 saturated heterocycles. The van der Waals surface area contributed by atoms with Crippen molar-refractivity contribution in [3.05, 3.63) is 12.2 Å². The third-order valence-corrected chi connectivity index (χ3v) is 5.64. The number of hydrogen-bond donors (Lipinski definition) is 0. The first-order chi connectivity index (χ1) is 12.0. The molecule has 0 aromatic carbocycles. The summed E-state index contributed by atoms with van der Waals surface area (Å²) in [4.78, 5) is 11.6. The molecule has 0 aromatic rings. The summed E-state index contributed by atoms with van der Waals surface area (Å²) < 4.78 is 16.7. The van der Waals surface area contributed by atoms with Crippen molar-refractivity contribution in [1.29, 1.82) is 0 Å². The summed E-state index contributed by atoms with van der Waals surface area (Å²) in [6.07, 6.45) is 10.4. The Balaban J connectivity index is 4.47. The minimum atomic E-state index is -0.994. The molecule has 0 spiro atoms. The van der Waals surface area contributed by atoms with Crippen LogP contribution in [0.15, 0.2) is 12.2 Å². The average molecular weight is 375 g/mol. The third-order valence-electron chi connectivity index (χ3n) is 4.54. The van der Waals surface area contributed by atoms with E-state index < -0.39 is 5.97 Å². The molecule has 0 rings (SSSR count). The second-order valence-electron chi connectivity index (χ2n) is 6.53. The van der Waals surface area contributed by atoms with E-state index in [1.54, 1.807) is 28.3 Å². The zero-order valence-electron chi connectivity index (χ0n) is 16.9. The molecule has 0 aliphatic heterocycles. The van der Waals surface area contributed by atoms with Gasteiger partial charge in [-0.25, -0.2) is 0 Å². The Kier molecular flexibility index (Phi) is 14.6. The number of unbranched alkanes of at least 4 members (excludes halogenated alkanes) is 5. The first kappa shape index (κ1) is 24.6. The Morgan fingerprint density at radius 1 is 0.960 bits per heavy atom. The second-order valence-corrected chi connectivity index (χ2v) is 7.60. The van der Waals surface area contributed by atoms with Crippen molar-refractivity contribution in [2.24, 2.45) is 5.92 Å². The van der Waals surface area contributed by atoms with E-state index in [1.807, 2.05) is 0 Å². The van der Waals surface area contributed by atoms with Gasteiger partial charge in [-0.3, -0.25) is 4.79 Å². The fraction of sp³-hybridized carbons (Fsp3) is 0.850. The minimum Gasteiger partial charge on any atom is -0.331 e. The molecule has 0 amide bonds. The van der Waals surface area contributed by atoms with Crippen LogP contribution in [0.25, 0.3) is 0 Å². The second kappa shape index (κ2) is 14.8. The predicted molar refractivity (Wildman–Crippen MR) is 107 cm³/mol. The molecule has 0 heterocycles. The van der Waals surface area contributed by atoms with E-state index in [2.05, 4.69) is 13.5 Å². The van der Waals surface area contributed by atoms with Gasteiger partial charge in [0.2, 0.25) is 5.12 Å². The van der Waals surface area contributed by atoms with E-state index >= 15 is 0 Å². The minimum absolute atomic E-state index is 0.0731. The SMILES string of the molecule is C=C(C)C(=O)SCCCC(CCCCCCCC)C(OC)(OC)OC. The van der Waals surface area contributed by atoms with Crippen LogP contribution < -0.4 is 0 Å². The Morgan fingerprint density at radius 3 is 2.00 bits per heavy atom. The van der Waals surface area contributed by atoms with Crippen LogP contribution in [0.4, 0.5) is 0 Å². The van der Waals surface area contributed by atoms with Crippen LogP contribution in [-0.4, -0.2) is 38.2 Å². The zero-order chi connectivity index (χ0) is 19.1. The van der Waals surface area contributed by atoms with Crippen molar-refractivity contribution in [2.75, 3.05) is 27.1 Å². The fourth-order valence-corrected chi connectivity index (χ4v) is 3.78. The van der Waals surface area contributed by atoms with E-state index in [9.17, 15) is 4.79 Å². The number of carbonyl (C=O) groups is 1. The summed E-state index contributed by atoms with van der Waals surface area (Å²) >= 11 is 1.34. The number of carbonyl (C=O) groups excluding carboxylic acids is 1. The van der Waals surface area contributed by atoms with E-state index in [0.717, 1.165) is 31.4 Å². The summed E-state index contributed by atoms with van der Waals surface area (Å²) in [5.74, 6) is -0.0579. The maximum absolute atomic E-state index is 11.6. The summed E-state index contributed by atoms with van der Waals surface area (Å²) in [6, 6.07) is 0. The Hall–Kier alpha value is -0.360. The van der Waals surface area contributed by atoms with Gasteiger partial charge in [0.15, 0.2) is 0 Å². The maximum Gasteiger partial charge on any atom is 0.285 e. The quantitative estimate of drug-likeness (QED) is 0.201. The van der Waals surface area contributed by atoms with Gasteiger partial charge < -0.3 is 14.2 Å². The van der Waals surface area contributed by atoms with E-state index in [1.165, 1.54) is 43.9 Å². The Labute approximate surface area is 159 Å². The first-order valence-corrected chi connectivity index (χ1v) is 10.4. The van der Waals surface area contributed by atoms with Gasteiger partial charge in [0.1, 0.15) is 0 Å². The molecule has 25 heavy (non-hydrogen) atoms. The lowest BCUT2D eigenvalue weighted by molar-refractivity contribution is -0.380. The van der Waals surface area contributed by atoms with E-state index in [-0.39, 0.29) is 11.0 Å². The molecule has 0 fully saturated rings. The highest BCUT2D eigenvalue weighted by Gasteiger charge is 2.39. The molecule has 1 atom stereocenters. The van der Waals surface area contributed by atoms with Gasteiger partial charge in [0.05, 0.1) is 0 Å². The zero-order valence-corrected chi connectivity index (χ0v) is 17.7. The number of methoxy groups -OCH3 is 3. The van der Waals surface area contributed by atoms with Gasteiger partial charge in [-0.05, 0) is 31.8 Å². The number of thioether (sulfide) groups is 1. The molecule has 0 aliphatic rings. The molecule has 0 aromatic heterocycles. The van der Waals surface area contributed by atoms with Gasteiger partial charge in [-0.2, -0.15) is 0 Å². The molecule has 5 heteroatoms. The Bertz CT molecular complexity index is 358. The van der Waals surface area contributed by atoms with Crippen molar-refractivity contribution >= 4 is 16.9 Å². The molecule has 0 radical (unpaired) electrons. The molecular weight excluding hydrogens is 336 g/mol. The van der Waals surface area contributed by atoms with Crippen LogP contribution in [0.3, 0.4) is 0 Å². The molecule has 148 valence electrons. The lowest BCUT2D eigenvalue weighted by Crippen LogP contribution is -2.44. The average Bonchev–Trinajstić information content (AvgIpc) is 2.62. The largest absolute Gasteiger partial charge is 0.331 e. The first-order valence-electron chi connectivity index (χ1n) is 9.45. The molecule has 0 saturated carbocycles. The third kappa shape index (κ3) is 9.78. The predicted octanol–water partition coefficient (Wildman–Crippen LogP) is 5.56. The van der Waals surface area contributed by atoms with Crippen molar-refractivity contribution < 1.29 is 19.0 Å². The van der Waals surface area contributed by atoms with Crippen LogP contribution in [0.2, 0.25) is 0 Å². The molecule has 0 aliphatic carbocycles. The van der Waals surface area contributed by atoms with Gasteiger partial charge in [-0.15, -0.1) is 0 Å². The van der Waals surface area contributed by atoms with E-state index in [0.29, 0.717) is 5.57 Å². The highest BCUT2D eigenvalue weighted by Crippen LogP contribution is 2.32. The number of rotatable bonds is 16. The maximum atomic E-state index is 11.6. The standard InChI is InChI=1S/C20H38O4S/c1-7-8-9-10-11-12-14-18(20(22-4,23-5)24-6)15-13-16-25-19(21)17(2)3/h18H,2,7-16H2,1,3-6H3. The van der Waals surface area contributed by atoms with Crippen LogP contribution in [0.5, 0.6) is 0 Å². The Morgan fingerprint density at radius 2 is 1.48 bits per heavy atom. The van der Waals surface area contributed by atoms with E-state index in [4.69, 9.17) is 14.2 Å².